The molecule has 0 spiro atoms. The van der Waals surface area contributed by atoms with E-state index in [-0.39, 0.29) is 19.5 Å². The van der Waals surface area contributed by atoms with Gasteiger partial charge in [-0.1, -0.05) is 0 Å². The number of ether oxygens (including phenoxy) is 1. The van der Waals surface area contributed by atoms with Gasteiger partial charge in [0.15, 0.2) is 0 Å². The van der Waals surface area contributed by atoms with E-state index in [0.717, 1.165) is 0 Å². The Balaban J connectivity index is 2.15. The quantitative estimate of drug-likeness (QED) is 0.794. The molecule has 0 aromatic rings. The SMILES string of the molecule is CC(C)(C)OC(=O)N1CC2CCC(C(=O)O)(C1)C2F. The number of hydrogen-bond donors (Lipinski definition) is 1. The van der Waals surface area contributed by atoms with Gasteiger partial charge in [-0.25, -0.2) is 9.18 Å². The Morgan fingerprint density at radius 2 is 2.05 bits per heavy atom. The minimum absolute atomic E-state index is 0.102. The maximum atomic E-state index is 14.2. The minimum atomic E-state index is -1.44. The predicted octanol–water partition coefficient (Wildman–Crippen LogP) is 2.06. The molecule has 5 nitrogen and oxygen atoms in total. The number of piperidine rings is 1. The summed E-state index contributed by atoms with van der Waals surface area (Å²) in [4.78, 5) is 24.7. The Labute approximate surface area is 111 Å². The molecule has 0 aromatic carbocycles. The number of hydrogen-bond acceptors (Lipinski definition) is 3. The van der Waals surface area contributed by atoms with Crippen molar-refractivity contribution in [2.75, 3.05) is 13.1 Å². The third-order valence-electron chi connectivity index (χ3n) is 3.91. The van der Waals surface area contributed by atoms with Gasteiger partial charge in [0.25, 0.3) is 0 Å². The first-order chi connectivity index (χ1) is 8.66. The number of aliphatic carboxylic acids is 1. The van der Waals surface area contributed by atoms with Gasteiger partial charge < -0.3 is 14.7 Å². The van der Waals surface area contributed by atoms with Crippen LogP contribution in [0.3, 0.4) is 0 Å². The van der Waals surface area contributed by atoms with E-state index in [1.165, 1.54) is 4.90 Å². The Morgan fingerprint density at radius 3 is 2.58 bits per heavy atom. The van der Waals surface area contributed by atoms with E-state index in [2.05, 4.69) is 0 Å². The second-order valence-corrected chi connectivity index (χ2v) is 6.52. The number of carbonyl (C=O) groups is 2. The summed E-state index contributed by atoms with van der Waals surface area (Å²) in [6.45, 7) is 5.37. The van der Waals surface area contributed by atoms with E-state index < -0.39 is 35.2 Å². The molecule has 2 fully saturated rings. The molecule has 3 atom stereocenters. The third kappa shape index (κ3) is 2.40. The lowest BCUT2D eigenvalue weighted by Gasteiger charge is -2.40. The second-order valence-electron chi connectivity index (χ2n) is 6.52. The Bertz CT molecular complexity index is 406. The van der Waals surface area contributed by atoms with Crippen molar-refractivity contribution in [1.82, 2.24) is 4.90 Å². The number of carboxylic acid groups (broad SMARTS) is 1. The molecule has 3 unspecified atom stereocenters. The average molecular weight is 273 g/mol. The number of halogens is 1. The predicted molar refractivity (Wildman–Crippen MR) is 65.5 cm³/mol. The molecule has 6 heteroatoms. The molecule has 2 rings (SSSR count). The van der Waals surface area contributed by atoms with Crippen LogP contribution in [0.1, 0.15) is 33.6 Å². The maximum absolute atomic E-state index is 14.2. The number of carbonyl (C=O) groups excluding carboxylic acids is 1. The Hall–Kier alpha value is -1.33. The van der Waals surface area contributed by atoms with Crippen LogP contribution in [0, 0.1) is 11.3 Å². The summed E-state index contributed by atoms with van der Waals surface area (Å²) in [5.41, 5.74) is -2.08. The number of amides is 1. The topological polar surface area (TPSA) is 66.8 Å². The summed E-state index contributed by atoms with van der Waals surface area (Å²) in [6.07, 6.45) is -1.14. The van der Waals surface area contributed by atoms with E-state index in [1.807, 2.05) is 0 Å². The molecule has 19 heavy (non-hydrogen) atoms. The second kappa shape index (κ2) is 4.35. The lowest BCUT2D eigenvalue weighted by Crippen LogP contribution is -2.56. The summed E-state index contributed by atoms with van der Waals surface area (Å²) < 4.78 is 19.4. The molecule has 0 radical (unpaired) electrons. The first kappa shape index (κ1) is 14.1. The van der Waals surface area contributed by atoms with Crippen molar-refractivity contribution < 1.29 is 23.8 Å². The highest BCUT2D eigenvalue weighted by Gasteiger charge is 2.59. The molecule has 0 aromatic heterocycles. The van der Waals surface area contributed by atoms with Gasteiger partial charge in [-0.2, -0.15) is 0 Å². The highest BCUT2D eigenvalue weighted by molar-refractivity contribution is 5.78. The third-order valence-corrected chi connectivity index (χ3v) is 3.91. The number of fused-ring (bicyclic) bond motifs is 2. The zero-order valence-electron chi connectivity index (χ0n) is 11.5. The van der Waals surface area contributed by atoms with Crippen molar-refractivity contribution in [3.63, 3.8) is 0 Å². The number of likely N-dealkylation sites (tertiary alicyclic amines) is 1. The highest BCUT2D eigenvalue weighted by Crippen LogP contribution is 2.48. The van der Waals surface area contributed by atoms with E-state index in [1.54, 1.807) is 20.8 Å². The Morgan fingerprint density at radius 1 is 1.42 bits per heavy atom. The van der Waals surface area contributed by atoms with Crippen LogP contribution in [-0.2, 0) is 9.53 Å². The molecule has 1 saturated carbocycles. The fourth-order valence-corrected chi connectivity index (χ4v) is 2.97. The van der Waals surface area contributed by atoms with E-state index >= 15 is 0 Å². The van der Waals surface area contributed by atoms with Crippen LogP contribution in [0.15, 0.2) is 0 Å². The smallest absolute Gasteiger partial charge is 0.410 e. The number of carboxylic acids is 1. The van der Waals surface area contributed by atoms with Crippen molar-refractivity contribution in [1.29, 1.82) is 0 Å². The summed E-state index contributed by atoms with van der Waals surface area (Å²) in [5.74, 6) is -1.55. The molecule has 1 aliphatic heterocycles. The fraction of sp³-hybridized carbons (Fsp3) is 0.846. The van der Waals surface area contributed by atoms with Gasteiger partial charge >= 0.3 is 12.1 Å². The van der Waals surface area contributed by atoms with Crippen molar-refractivity contribution in [3.8, 4) is 0 Å². The van der Waals surface area contributed by atoms with Crippen molar-refractivity contribution >= 4 is 12.1 Å². The van der Waals surface area contributed by atoms with Crippen molar-refractivity contribution in [2.24, 2.45) is 11.3 Å². The summed E-state index contributed by atoms with van der Waals surface area (Å²) >= 11 is 0. The average Bonchev–Trinajstić information content (AvgIpc) is 2.48. The molecule has 2 bridgehead atoms. The van der Waals surface area contributed by atoms with Gasteiger partial charge in [-0.15, -0.1) is 0 Å². The van der Waals surface area contributed by atoms with Gasteiger partial charge in [0, 0.05) is 19.0 Å². The highest BCUT2D eigenvalue weighted by atomic mass is 19.1. The van der Waals surface area contributed by atoms with E-state index in [4.69, 9.17) is 4.74 Å². The maximum Gasteiger partial charge on any atom is 0.410 e. The van der Waals surface area contributed by atoms with Crippen LogP contribution in [-0.4, -0.2) is 46.9 Å². The van der Waals surface area contributed by atoms with Gasteiger partial charge in [0.1, 0.15) is 17.2 Å². The number of rotatable bonds is 1. The first-order valence-corrected chi connectivity index (χ1v) is 6.51. The summed E-state index contributed by atoms with van der Waals surface area (Å²) in [7, 11) is 0. The normalized spacial score (nSPS) is 34.2. The molecule has 1 amide bonds. The largest absolute Gasteiger partial charge is 0.481 e. The zero-order chi connectivity index (χ0) is 14.4. The first-order valence-electron chi connectivity index (χ1n) is 6.51. The minimum Gasteiger partial charge on any atom is -0.481 e. The van der Waals surface area contributed by atoms with Crippen LogP contribution in [0.4, 0.5) is 9.18 Å². The summed E-state index contributed by atoms with van der Waals surface area (Å²) in [6, 6.07) is 0. The van der Waals surface area contributed by atoms with Gasteiger partial charge in [0.05, 0.1) is 0 Å². The molecule has 1 saturated heterocycles. The monoisotopic (exact) mass is 273 g/mol. The van der Waals surface area contributed by atoms with Crippen LogP contribution in [0.5, 0.6) is 0 Å². The number of nitrogens with zero attached hydrogens (tertiary/aromatic N) is 1. The molecular weight excluding hydrogens is 253 g/mol. The van der Waals surface area contributed by atoms with Gasteiger partial charge in [-0.3, -0.25) is 4.79 Å². The zero-order valence-corrected chi connectivity index (χ0v) is 11.5. The summed E-state index contributed by atoms with van der Waals surface area (Å²) in [5, 5.41) is 9.30. The van der Waals surface area contributed by atoms with Gasteiger partial charge in [0.2, 0.25) is 0 Å². The standard InChI is InChI=1S/C13H20FNO4/c1-12(2,3)19-11(18)15-6-8-4-5-13(7-15,9(8)14)10(16)17/h8-9H,4-7H2,1-3H3,(H,16,17). The number of alkyl halides is 1. The van der Waals surface area contributed by atoms with Crippen LogP contribution < -0.4 is 0 Å². The fourth-order valence-electron chi connectivity index (χ4n) is 2.97. The molecule has 1 heterocycles. The van der Waals surface area contributed by atoms with E-state index in [9.17, 15) is 19.1 Å². The molecule has 108 valence electrons. The van der Waals surface area contributed by atoms with Gasteiger partial charge in [-0.05, 0) is 33.6 Å². The lowest BCUT2D eigenvalue weighted by atomic mass is 9.80. The van der Waals surface area contributed by atoms with Crippen LogP contribution >= 0.6 is 0 Å². The molecular formula is C13H20FNO4. The van der Waals surface area contributed by atoms with Crippen molar-refractivity contribution in [2.45, 2.75) is 45.4 Å². The van der Waals surface area contributed by atoms with Crippen LogP contribution in [0.25, 0.3) is 0 Å². The Kier molecular flexibility index (Phi) is 3.23. The van der Waals surface area contributed by atoms with E-state index in [0.29, 0.717) is 6.42 Å². The van der Waals surface area contributed by atoms with Crippen LogP contribution in [0.2, 0.25) is 0 Å². The lowest BCUT2D eigenvalue weighted by molar-refractivity contribution is -0.156. The molecule has 1 aliphatic carbocycles. The van der Waals surface area contributed by atoms with Crippen molar-refractivity contribution in [3.05, 3.63) is 0 Å². The molecule has 1 N–H and O–H groups in total. The molecule has 2 aliphatic rings.